The molecule has 0 spiro atoms. The number of thioether (sulfide) groups is 2. The predicted molar refractivity (Wildman–Crippen MR) is 171 cm³/mol. The Labute approximate surface area is 262 Å². The Morgan fingerprint density at radius 1 is 0.744 bits per heavy atom. The van der Waals surface area contributed by atoms with Crippen LogP contribution in [0.2, 0.25) is 0 Å². The standard InChI is InChI=1S/C32H25NO7S3/c1-32(2)26(41)23(31-42-24(29(36)38-3)25(43-31)30(37)39-4)21-17-20(40-28(35)19-13-9-6-10-14-19)15-16-22(21)33(32)27(34)18-11-7-5-8-12-18/h5-17H,1-4H3. The minimum atomic E-state index is -1.01. The zero-order valence-corrected chi connectivity index (χ0v) is 26.0. The molecule has 3 aromatic carbocycles. The summed E-state index contributed by atoms with van der Waals surface area (Å²) in [4.78, 5) is 54.3. The second kappa shape index (κ2) is 12.2. The largest absolute Gasteiger partial charge is 0.465 e. The lowest BCUT2D eigenvalue weighted by atomic mass is 9.82. The molecule has 0 N–H and O–H groups in total. The summed E-state index contributed by atoms with van der Waals surface area (Å²) in [6.07, 6.45) is 0. The van der Waals surface area contributed by atoms with E-state index in [4.69, 9.17) is 26.4 Å². The molecule has 3 aromatic rings. The third-order valence-corrected chi connectivity index (χ3v) is 10.1. The first kappa shape index (κ1) is 30.3. The SMILES string of the molecule is COC(=O)C1=C(C(=O)OC)SC(=C2C(=S)C(C)(C)N(C(=O)c3ccccc3)c3ccc(OC(=O)c4ccccc4)cc32)S1. The maximum Gasteiger partial charge on any atom is 0.346 e. The minimum absolute atomic E-state index is 0.0680. The van der Waals surface area contributed by atoms with E-state index in [1.807, 2.05) is 19.9 Å². The molecule has 2 heterocycles. The van der Waals surface area contributed by atoms with Gasteiger partial charge in [-0.1, -0.05) is 72.1 Å². The van der Waals surface area contributed by atoms with Crippen molar-refractivity contribution < 1.29 is 33.4 Å². The fourth-order valence-corrected chi connectivity index (χ4v) is 7.71. The molecule has 2 aliphatic rings. The molecule has 2 aliphatic heterocycles. The smallest absolute Gasteiger partial charge is 0.346 e. The monoisotopic (exact) mass is 631 g/mol. The second-order valence-corrected chi connectivity index (χ2v) is 12.5. The fraction of sp³-hybridized carbons (Fsp3) is 0.156. The first-order valence-electron chi connectivity index (χ1n) is 13.0. The van der Waals surface area contributed by atoms with Crippen LogP contribution in [0.25, 0.3) is 5.57 Å². The van der Waals surface area contributed by atoms with E-state index in [2.05, 4.69) is 0 Å². The maximum atomic E-state index is 14.0. The number of hydrogen-bond donors (Lipinski definition) is 0. The van der Waals surface area contributed by atoms with Gasteiger partial charge >= 0.3 is 17.9 Å². The van der Waals surface area contributed by atoms with E-state index in [0.29, 0.717) is 37.1 Å². The average molecular weight is 632 g/mol. The summed E-state index contributed by atoms with van der Waals surface area (Å²) in [5.74, 6) is -1.99. The summed E-state index contributed by atoms with van der Waals surface area (Å²) in [6, 6.07) is 22.4. The van der Waals surface area contributed by atoms with Crippen LogP contribution in [0, 0.1) is 0 Å². The van der Waals surface area contributed by atoms with Crippen molar-refractivity contribution in [1.29, 1.82) is 0 Å². The Hall–Kier alpha value is -4.19. The molecule has 0 aliphatic carbocycles. The molecular formula is C32H25NO7S3. The average Bonchev–Trinajstić information content (AvgIpc) is 3.46. The first-order valence-corrected chi connectivity index (χ1v) is 15.0. The van der Waals surface area contributed by atoms with Gasteiger partial charge in [0.2, 0.25) is 0 Å². The van der Waals surface area contributed by atoms with E-state index in [1.54, 1.807) is 77.7 Å². The Kier molecular flexibility index (Phi) is 8.59. The van der Waals surface area contributed by atoms with Gasteiger partial charge < -0.3 is 14.2 Å². The van der Waals surface area contributed by atoms with E-state index < -0.39 is 23.4 Å². The van der Waals surface area contributed by atoms with Crippen molar-refractivity contribution in [3.05, 3.63) is 110 Å². The van der Waals surface area contributed by atoms with Crippen molar-refractivity contribution in [2.45, 2.75) is 19.4 Å². The number of benzene rings is 3. The molecule has 218 valence electrons. The van der Waals surface area contributed by atoms with Crippen LogP contribution in [-0.4, -0.2) is 48.4 Å². The van der Waals surface area contributed by atoms with Crippen LogP contribution in [0.1, 0.15) is 40.1 Å². The highest BCUT2D eigenvalue weighted by atomic mass is 32.2. The number of amides is 1. The molecule has 43 heavy (non-hydrogen) atoms. The molecule has 0 bridgehead atoms. The molecule has 0 saturated carbocycles. The molecule has 0 atom stereocenters. The Morgan fingerprint density at radius 2 is 1.28 bits per heavy atom. The van der Waals surface area contributed by atoms with Crippen LogP contribution in [0.3, 0.4) is 0 Å². The van der Waals surface area contributed by atoms with Gasteiger partial charge in [-0.15, -0.1) is 0 Å². The van der Waals surface area contributed by atoms with Gasteiger partial charge in [0.25, 0.3) is 5.91 Å². The van der Waals surface area contributed by atoms with Crippen LogP contribution >= 0.6 is 35.7 Å². The highest BCUT2D eigenvalue weighted by Gasteiger charge is 2.46. The number of methoxy groups -OCH3 is 2. The minimum Gasteiger partial charge on any atom is -0.465 e. The van der Waals surface area contributed by atoms with Crippen molar-refractivity contribution in [2.24, 2.45) is 0 Å². The molecular weight excluding hydrogens is 607 g/mol. The quantitative estimate of drug-likeness (QED) is 0.136. The molecule has 11 heteroatoms. The molecule has 0 fully saturated rings. The Balaban J connectivity index is 1.68. The van der Waals surface area contributed by atoms with E-state index >= 15 is 0 Å². The van der Waals surface area contributed by atoms with E-state index in [-0.39, 0.29) is 21.5 Å². The number of anilines is 1. The highest BCUT2D eigenvalue weighted by molar-refractivity contribution is 8.29. The number of nitrogens with zero attached hydrogens (tertiary/aromatic N) is 1. The zero-order chi connectivity index (χ0) is 30.9. The van der Waals surface area contributed by atoms with Crippen LogP contribution in [0.5, 0.6) is 5.75 Å². The Bertz CT molecular complexity index is 1700. The van der Waals surface area contributed by atoms with Gasteiger partial charge in [-0.25, -0.2) is 14.4 Å². The zero-order valence-electron chi connectivity index (χ0n) is 23.5. The molecule has 0 unspecified atom stereocenters. The third-order valence-electron chi connectivity index (χ3n) is 6.81. The first-order chi connectivity index (χ1) is 20.6. The molecule has 0 radical (unpaired) electrons. The molecule has 1 amide bonds. The number of fused-ring (bicyclic) bond motifs is 1. The summed E-state index contributed by atoms with van der Waals surface area (Å²) < 4.78 is 16.1. The Morgan fingerprint density at radius 3 is 1.81 bits per heavy atom. The number of carbonyl (C=O) groups is 4. The molecule has 5 rings (SSSR count). The van der Waals surface area contributed by atoms with Gasteiger partial charge in [0.15, 0.2) is 0 Å². The summed E-state index contributed by atoms with van der Waals surface area (Å²) in [5.41, 5.74) is 1.36. The number of rotatable bonds is 5. The van der Waals surface area contributed by atoms with Gasteiger partial charge in [0, 0.05) is 16.7 Å². The topological polar surface area (TPSA) is 99.2 Å². The van der Waals surface area contributed by atoms with Crippen LogP contribution in [0.4, 0.5) is 5.69 Å². The molecule has 8 nitrogen and oxygen atoms in total. The summed E-state index contributed by atoms with van der Waals surface area (Å²) in [5, 5.41) is 0. The van der Waals surface area contributed by atoms with Crippen LogP contribution in [-0.2, 0) is 19.1 Å². The van der Waals surface area contributed by atoms with E-state index in [0.717, 1.165) is 23.5 Å². The summed E-state index contributed by atoms with van der Waals surface area (Å²) >= 11 is 8.14. The van der Waals surface area contributed by atoms with Gasteiger partial charge in [0.05, 0.1) is 40.1 Å². The fourth-order valence-electron chi connectivity index (χ4n) is 4.68. The van der Waals surface area contributed by atoms with Crippen molar-refractivity contribution in [3.63, 3.8) is 0 Å². The highest BCUT2D eigenvalue weighted by Crippen LogP contribution is 2.56. The van der Waals surface area contributed by atoms with Crippen molar-refractivity contribution in [1.82, 2.24) is 0 Å². The number of esters is 3. The second-order valence-electron chi connectivity index (χ2n) is 9.84. The van der Waals surface area contributed by atoms with Gasteiger partial charge in [0.1, 0.15) is 15.6 Å². The van der Waals surface area contributed by atoms with Gasteiger partial charge in [-0.05, 0) is 56.3 Å². The molecule has 0 saturated heterocycles. The van der Waals surface area contributed by atoms with Crippen LogP contribution < -0.4 is 9.64 Å². The summed E-state index contributed by atoms with van der Waals surface area (Å²) in [6.45, 7) is 3.67. The van der Waals surface area contributed by atoms with E-state index in [1.165, 1.54) is 14.2 Å². The lowest BCUT2D eigenvalue weighted by Gasteiger charge is -2.45. The predicted octanol–water partition coefficient (Wildman–Crippen LogP) is 6.42. The summed E-state index contributed by atoms with van der Waals surface area (Å²) in [7, 11) is 2.45. The lowest BCUT2D eigenvalue weighted by molar-refractivity contribution is -0.138. The van der Waals surface area contributed by atoms with Crippen LogP contribution in [0.15, 0.2) is 92.9 Å². The van der Waals surface area contributed by atoms with Crippen molar-refractivity contribution >= 4 is 75.7 Å². The van der Waals surface area contributed by atoms with Gasteiger partial charge in [-0.2, -0.15) is 0 Å². The number of hydrogen-bond acceptors (Lipinski definition) is 10. The number of thiocarbonyl (C=S) groups is 1. The number of ether oxygens (including phenoxy) is 3. The molecule has 0 aromatic heterocycles. The van der Waals surface area contributed by atoms with Crippen molar-refractivity contribution in [2.75, 3.05) is 19.1 Å². The van der Waals surface area contributed by atoms with Crippen molar-refractivity contribution in [3.8, 4) is 5.75 Å². The van der Waals surface area contributed by atoms with E-state index in [9.17, 15) is 19.2 Å². The normalized spacial score (nSPS) is 15.6. The maximum absolute atomic E-state index is 14.0. The third kappa shape index (κ3) is 5.63. The lowest BCUT2D eigenvalue weighted by Crippen LogP contribution is -2.56. The number of carbonyl (C=O) groups excluding carboxylic acids is 4. The van der Waals surface area contributed by atoms with Gasteiger partial charge in [-0.3, -0.25) is 9.69 Å².